The lowest BCUT2D eigenvalue weighted by atomic mass is 9.82. The molecule has 0 aliphatic heterocycles. The summed E-state index contributed by atoms with van der Waals surface area (Å²) < 4.78 is 2.38. The fraction of sp³-hybridized carbons (Fsp3) is 0.0508. The molecule has 0 fully saturated rings. The van der Waals surface area contributed by atoms with E-state index in [2.05, 4.69) is 242 Å². The fourth-order valence-electron chi connectivity index (χ4n) is 10.2. The van der Waals surface area contributed by atoms with E-state index in [1.54, 1.807) is 0 Å². The van der Waals surface area contributed by atoms with Crippen molar-refractivity contribution in [2.45, 2.75) is 19.3 Å². The van der Waals surface area contributed by atoms with Crippen LogP contribution in [-0.2, 0) is 5.41 Å². The number of hydrogen-bond acceptors (Lipinski definition) is 1. The lowest BCUT2D eigenvalue weighted by Gasteiger charge is -2.28. The second-order valence-corrected chi connectivity index (χ2v) is 16.9. The van der Waals surface area contributed by atoms with Gasteiger partial charge < -0.3 is 9.47 Å². The third kappa shape index (κ3) is 5.56. The Labute approximate surface area is 356 Å². The predicted molar refractivity (Wildman–Crippen MR) is 259 cm³/mol. The Kier molecular flexibility index (Phi) is 7.92. The van der Waals surface area contributed by atoms with Crippen LogP contribution in [0.25, 0.3) is 82.4 Å². The molecule has 2 nitrogen and oxygen atoms in total. The first-order chi connectivity index (χ1) is 30.0. The van der Waals surface area contributed by atoms with Crippen molar-refractivity contribution in [1.29, 1.82) is 0 Å². The Morgan fingerprint density at radius 3 is 1.87 bits per heavy atom. The topological polar surface area (TPSA) is 8.17 Å². The SMILES string of the molecule is CC1(C)c2ccccc2-c2ccc(N(c3ccc(-c4cccc5c4ccc4ccccc45)cc3)c3cccc(-c4ccc5c(c4)c4ccccc4n5-c4ccccc4)c3)cc21. The number of fused-ring (bicyclic) bond motifs is 9. The van der Waals surface area contributed by atoms with E-state index in [0.29, 0.717) is 0 Å². The van der Waals surface area contributed by atoms with Crippen LogP contribution in [0, 0.1) is 0 Å². The van der Waals surface area contributed by atoms with Crippen molar-refractivity contribution in [2.24, 2.45) is 0 Å². The summed E-state index contributed by atoms with van der Waals surface area (Å²) in [5, 5.41) is 7.59. The van der Waals surface area contributed by atoms with Gasteiger partial charge in [0.05, 0.1) is 11.0 Å². The molecule has 0 amide bonds. The van der Waals surface area contributed by atoms with Crippen molar-refractivity contribution < 1.29 is 0 Å². The molecule has 2 heteroatoms. The van der Waals surface area contributed by atoms with E-state index < -0.39 is 0 Å². The minimum absolute atomic E-state index is 0.119. The van der Waals surface area contributed by atoms with Crippen molar-refractivity contribution in [2.75, 3.05) is 4.90 Å². The summed E-state index contributed by atoms with van der Waals surface area (Å²) >= 11 is 0. The molecule has 0 spiro atoms. The molecule has 0 saturated heterocycles. The Bertz CT molecular complexity index is 3500. The summed E-state index contributed by atoms with van der Waals surface area (Å²) in [6, 6.07) is 80.4. The van der Waals surface area contributed by atoms with Gasteiger partial charge in [-0.2, -0.15) is 0 Å². The van der Waals surface area contributed by atoms with Crippen LogP contribution < -0.4 is 4.90 Å². The van der Waals surface area contributed by atoms with Gasteiger partial charge in [-0.25, -0.2) is 0 Å². The molecule has 11 aromatic rings. The molecule has 0 unspecified atom stereocenters. The van der Waals surface area contributed by atoms with Crippen LogP contribution in [0.5, 0.6) is 0 Å². The van der Waals surface area contributed by atoms with E-state index in [9.17, 15) is 0 Å². The number of para-hydroxylation sites is 2. The Morgan fingerprint density at radius 2 is 0.984 bits per heavy atom. The van der Waals surface area contributed by atoms with E-state index in [0.717, 1.165) is 17.1 Å². The molecule has 1 aliphatic rings. The molecule has 61 heavy (non-hydrogen) atoms. The highest BCUT2D eigenvalue weighted by atomic mass is 15.1. The summed E-state index contributed by atoms with van der Waals surface area (Å²) in [4.78, 5) is 2.43. The van der Waals surface area contributed by atoms with Crippen LogP contribution in [0.2, 0.25) is 0 Å². The van der Waals surface area contributed by atoms with Crippen molar-refractivity contribution in [3.63, 3.8) is 0 Å². The molecule has 0 atom stereocenters. The molecular formula is C59H42N2. The number of anilines is 3. The van der Waals surface area contributed by atoms with Crippen LogP contribution in [0.3, 0.4) is 0 Å². The van der Waals surface area contributed by atoms with E-state index in [4.69, 9.17) is 0 Å². The minimum atomic E-state index is -0.119. The third-order valence-corrected chi connectivity index (χ3v) is 13.2. The quantitative estimate of drug-likeness (QED) is 0.153. The minimum Gasteiger partial charge on any atom is -0.310 e. The lowest BCUT2D eigenvalue weighted by Crippen LogP contribution is -2.16. The van der Waals surface area contributed by atoms with Crippen LogP contribution in [0.15, 0.2) is 218 Å². The number of nitrogens with zero attached hydrogens (tertiary/aromatic N) is 2. The Hall–Kier alpha value is -7.68. The summed E-state index contributed by atoms with van der Waals surface area (Å²) in [6.45, 7) is 4.72. The average Bonchev–Trinajstić information content (AvgIpc) is 3.77. The van der Waals surface area contributed by atoms with Gasteiger partial charge in [0.15, 0.2) is 0 Å². The number of benzene rings is 10. The molecule has 1 aliphatic carbocycles. The van der Waals surface area contributed by atoms with Gasteiger partial charge in [0.25, 0.3) is 0 Å². The largest absolute Gasteiger partial charge is 0.310 e. The van der Waals surface area contributed by atoms with E-state index in [-0.39, 0.29) is 5.41 Å². The van der Waals surface area contributed by atoms with Crippen molar-refractivity contribution >= 4 is 60.4 Å². The van der Waals surface area contributed by atoms with Crippen molar-refractivity contribution in [3.05, 3.63) is 230 Å². The van der Waals surface area contributed by atoms with Crippen LogP contribution in [0.1, 0.15) is 25.0 Å². The predicted octanol–water partition coefficient (Wildman–Crippen LogP) is 16.2. The first kappa shape index (κ1) is 35.3. The molecule has 0 N–H and O–H groups in total. The Morgan fingerprint density at radius 1 is 0.344 bits per heavy atom. The molecule has 1 heterocycles. The number of rotatable bonds is 6. The van der Waals surface area contributed by atoms with Crippen molar-refractivity contribution in [3.8, 4) is 39.1 Å². The van der Waals surface area contributed by atoms with Gasteiger partial charge in [0.2, 0.25) is 0 Å². The van der Waals surface area contributed by atoms with E-state index in [1.165, 1.54) is 93.5 Å². The maximum atomic E-state index is 2.43. The molecule has 0 bridgehead atoms. The zero-order chi connectivity index (χ0) is 40.7. The zero-order valence-corrected chi connectivity index (χ0v) is 34.2. The molecular weight excluding hydrogens is 737 g/mol. The highest BCUT2D eigenvalue weighted by molar-refractivity contribution is 6.12. The van der Waals surface area contributed by atoms with Crippen LogP contribution in [0.4, 0.5) is 17.1 Å². The number of hydrogen-bond donors (Lipinski definition) is 0. The maximum absolute atomic E-state index is 2.43. The van der Waals surface area contributed by atoms with E-state index >= 15 is 0 Å². The summed E-state index contributed by atoms with van der Waals surface area (Å²) in [5.74, 6) is 0. The van der Waals surface area contributed by atoms with Gasteiger partial charge in [0.1, 0.15) is 0 Å². The molecule has 10 aromatic carbocycles. The summed E-state index contributed by atoms with van der Waals surface area (Å²) in [6.07, 6.45) is 0. The molecule has 0 saturated carbocycles. The van der Waals surface area contributed by atoms with Crippen LogP contribution in [-0.4, -0.2) is 4.57 Å². The first-order valence-electron chi connectivity index (χ1n) is 21.3. The highest BCUT2D eigenvalue weighted by Gasteiger charge is 2.35. The van der Waals surface area contributed by atoms with E-state index in [1.807, 2.05) is 0 Å². The second kappa shape index (κ2) is 13.7. The second-order valence-electron chi connectivity index (χ2n) is 16.9. The average molecular weight is 779 g/mol. The van der Waals surface area contributed by atoms with Gasteiger partial charge in [-0.15, -0.1) is 0 Å². The maximum Gasteiger partial charge on any atom is 0.0541 e. The number of aromatic nitrogens is 1. The normalized spacial score (nSPS) is 12.9. The smallest absolute Gasteiger partial charge is 0.0541 e. The first-order valence-corrected chi connectivity index (χ1v) is 21.3. The molecule has 1 aromatic heterocycles. The lowest BCUT2D eigenvalue weighted by molar-refractivity contribution is 0.660. The highest BCUT2D eigenvalue weighted by Crippen LogP contribution is 2.51. The van der Waals surface area contributed by atoms with Gasteiger partial charge in [-0.05, 0) is 133 Å². The van der Waals surface area contributed by atoms with Crippen molar-refractivity contribution in [1.82, 2.24) is 4.57 Å². The van der Waals surface area contributed by atoms with Crippen LogP contribution >= 0.6 is 0 Å². The molecule has 12 rings (SSSR count). The molecule has 0 radical (unpaired) electrons. The zero-order valence-electron chi connectivity index (χ0n) is 34.2. The molecule has 288 valence electrons. The monoisotopic (exact) mass is 778 g/mol. The standard InChI is InChI=1S/C59H42N2/c1-59(2)55-24-10-8-20-51(55)52-34-32-46(38-56(52)59)60(44-30-26-40(27-31-44)48-22-13-23-49-47-19-7-6-14-39(47)28-33-50(48)49)45-18-12-15-41(36-45)42-29-35-58-54(37-42)53-21-9-11-25-57(53)61(58)43-16-4-3-5-17-43/h3-38H,1-2H3. The third-order valence-electron chi connectivity index (χ3n) is 13.2. The van der Waals surface area contributed by atoms with Gasteiger partial charge >= 0.3 is 0 Å². The van der Waals surface area contributed by atoms with Gasteiger partial charge in [-0.3, -0.25) is 0 Å². The fourth-order valence-corrected chi connectivity index (χ4v) is 10.2. The summed E-state index contributed by atoms with van der Waals surface area (Å²) in [7, 11) is 0. The van der Waals surface area contributed by atoms with Gasteiger partial charge in [-0.1, -0.05) is 166 Å². The Balaban J connectivity index is 0.998. The summed E-state index contributed by atoms with van der Waals surface area (Å²) in [5.41, 5.74) is 17.0. The van der Waals surface area contributed by atoms with Gasteiger partial charge in [0, 0.05) is 38.9 Å².